The lowest BCUT2D eigenvalue weighted by molar-refractivity contribution is 0.0994. The van der Waals surface area contributed by atoms with Crippen molar-refractivity contribution < 1.29 is 14.8 Å². The second-order valence-corrected chi connectivity index (χ2v) is 8.44. The topological polar surface area (TPSA) is 138 Å². The summed E-state index contributed by atoms with van der Waals surface area (Å²) in [6.07, 6.45) is 3.70. The second kappa shape index (κ2) is 8.81. The summed E-state index contributed by atoms with van der Waals surface area (Å²) in [5, 5.41) is 25.8. The minimum atomic E-state index is -1.51. The highest BCUT2D eigenvalue weighted by Crippen LogP contribution is 2.34. The van der Waals surface area contributed by atoms with Crippen LogP contribution >= 0.6 is 0 Å². The molecule has 0 aliphatic carbocycles. The van der Waals surface area contributed by atoms with Crippen LogP contribution in [0.2, 0.25) is 0 Å². The number of nitrogens with one attached hydrogen (secondary N) is 2. The Balaban J connectivity index is 1.57. The molecular formula is C24H25BN6O3. The summed E-state index contributed by atoms with van der Waals surface area (Å²) in [4.78, 5) is 21.7. The van der Waals surface area contributed by atoms with Crippen molar-refractivity contribution in [3.63, 3.8) is 0 Å². The van der Waals surface area contributed by atoms with E-state index in [4.69, 9.17) is 15.7 Å². The molecule has 5 rings (SSSR count). The van der Waals surface area contributed by atoms with Gasteiger partial charge in [0.25, 0.3) is 5.91 Å². The number of aryl methyl sites for hydroxylation is 1. The zero-order valence-corrected chi connectivity index (χ0v) is 18.7. The highest BCUT2D eigenvalue weighted by molar-refractivity contribution is 6.58. The summed E-state index contributed by atoms with van der Waals surface area (Å²) < 4.78 is 1.78. The molecule has 0 saturated heterocycles. The fourth-order valence-electron chi connectivity index (χ4n) is 4.46. The van der Waals surface area contributed by atoms with Gasteiger partial charge in [0.05, 0.1) is 5.52 Å². The second-order valence-electron chi connectivity index (χ2n) is 8.44. The fraction of sp³-hybridized carbons (Fsp3) is 0.208. The SMILES string of the molecule is Cc1cn2c(C(N)=O)cccc2c1-c1nc2c(c(NCc3cccc(B(O)O)c3)n1)CCCN2. The largest absolute Gasteiger partial charge is 0.488 e. The Bertz CT molecular complexity index is 1400. The molecule has 3 aromatic heterocycles. The van der Waals surface area contributed by atoms with Crippen molar-refractivity contribution in [2.45, 2.75) is 26.3 Å². The smallest absolute Gasteiger partial charge is 0.423 e. The minimum Gasteiger partial charge on any atom is -0.423 e. The molecule has 1 aliphatic rings. The maximum Gasteiger partial charge on any atom is 0.488 e. The molecule has 172 valence electrons. The fourth-order valence-corrected chi connectivity index (χ4v) is 4.46. The third-order valence-electron chi connectivity index (χ3n) is 6.09. The van der Waals surface area contributed by atoms with Gasteiger partial charge in [-0.1, -0.05) is 30.3 Å². The third kappa shape index (κ3) is 3.97. The monoisotopic (exact) mass is 456 g/mol. The number of pyridine rings is 1. The standard InChI is InChI=1S/C24H25BN6O3/c1-14-13-31-18(8-3-9-19(31)21(26)32)20(14)24-29-22-17(7-4-10-27-22)23(30-24)28-12-15-5-2-6-16(11-15)25(33)34/h2-3,5-6,8-9,11,13,33-34H,4,7,10,12H2,1H3,(H2,26,32)(H2,27,28,29,30). The first-order chi connectivity index (χ1) is 16.4. The molecule has 10 heteroatoms. The van der Waals surface area contributed by atoms with E-state index in [1.54, 1.807) is 34.7 Å². The van der Waals surface area contributed by atoms with E-state index in [-0.39, 0.29) is 0 Å². The zero-order valence-electron chi connectivity index (χ0n) is 18.7. The molecule has 0 unspecified atom stereocenters. The van der Waals surface area contributed by atoms with Gasteiger partial charge in [0.15, 0.2) is 5.82 Å². The normalized spacial score (nSPS) is 12.8. The Kier molecular flexibility index (Phi) is 5.68. The minimum absolute atomic E-state index is 0.396. The van der Waals surface area contributed by atoms with E-state index in [0.29, 0.717) is 23.5 Å². The van der Waals surface area contributed by atoms with Gasteiger partial charge in [-0.15, -0.1) is 0 Å². The van der Waals surface area contributed by atoms with Crippen LogP contribution in [0.5, 0.6) is 0 Å². The molecule has 0 radical (unpaired) electrons. The van der Waals surface area contributed by atoms with Crippen LogP contribution in [-0.4, -0.2) is 44.0 Å². The van der Waals surface area contributed by atoms with E-state index in [1.807, 2.05) is 25.3 Å². The molecule has 0 atom stereocenters. The summed E-state index contributed by atoms with van der Waals surface area (Å²) >= 11 is 0. The summed E-state index contributed by atoms with van der Waals surface area (Å²) in [5.41, 5.74) is 10.9. The molecule has 1 amide bonds. The maximum atomic E-state index is 11.9. The van der Waals surface area contributed by atoms with E-state index < -0.39 is 13.0 Å². The van der Waals surface area contributed by atoms with Crippen LogP contribution < -0.4 is 21.8 Å². The maximum absolute atomic E-state index is 11.9. The lowest BCUT2D eigenvalue weighted by Gasteiger charge is -2.21. The third-order valence-corrected chi connectivity index (χ3v) is 6.09. The average molecular weight is 456 g/mol. The van der Waals surface area contributed by atoms with Crippen LogP contribution in [0, 0.1) is 6.92 Å². The van der Waals surface area contributed by atoms with Crippen LogP contribution in [0.15, 0.2) is 48.7 Å². The molecule has 6 N–H and O–H groups in total. The molecule has 4 aromatic rings. The number of nitrogens with two attached hydrogens (primary N) is 1. The number of rotatable bonds is 6. The number of benzene rings is 1. The highest BCUT2D eigenvalue weighted by Gasteiger charge is 2.22. The van der Waals surface area contributed by atoms with E-state index >= 15 is 0 Å². The molecule has 34 heavy (non-hydrogen) atoms. The van der Waals surface area contributed by atoms with Crippen molar-refractivity contribution in [2.75, 3.05) is 17.2 Å². The first-order valence-corrected chi connectivity index (χ1v) is 11.2. The molecule has 0 bridgehead atoms. The van der Waals surface area contributed by atoms with E-state index in [0.717, 1.165) is 58.8 Å². The molecular weight excluding hydrogens is 431 g/mol. The highest BCUT2D eigenvalue weighted by atomic mass is 16.4. The quantitative estimate of drug-likeness (QED) is 0.277. The number of carbonyl (C=O) groups excluding carboxylic acids is 1. The van der Waals surface area contributed by atoms with Gasteiger partial charge < -0.3 is 30.8 Å². The summed E-state index contributed by atoms with van der Waals surface area (Å²) in [5.74, 6) is 1.57. The zero-order chi connectivity index (χ0) is 23.8. The van der Waals surface area contributed by atoms with Gasteiger partial charge in [-0.25, -0.2) is 9.97 Å². The van der Waals surface area contributed by atoms with Gasteiger partial charge in [-0.05, 0) is 48.5 Å². The van der Waals surface area contributed by atoms with Crippen molar-refractivity contribution in [1.82, 2.24) is 14.4 Å². The van der Waals surface area contributed by atoms with E-state index in [2.05, 4.69) is 10.6 Å². The van der Waals surface area contributed by atoms with Gasteiger partial charge in [0, 0.05) is 30.4 Å². The van der Waals surface area contributed by atoms with Gasteiger partial charge in [-0.3, -0.25) is 4.79 Å². The predicted octanol–water partition coefficient (Wildman–Crippen LogP) is 1.45. The van der Waals surface area contributed by atoms with Crippen LogP contribution in [0.3, 0.4) is 0 Å². The summed E-state index contributed by atoms with van der Waals surface area (Å²) in [7, 11) is -1.51. The number of amides is 1. The Morgan fingerprint density at radius 2 is 2.06 bits per heavy atom. The average Bonchev–Trinajstić information content (AvgIpc) is 3.18. The van der Waals surface area contributed by atoms with Gasteiger partial charge >= 0.3 is 7.12 Å². The van der Waals surface area contributed by atoms with Crippen molar-refractivity contribution in [3.05, 3.63) is 71.0 Å². The van der Waals surface area contributed by atoms with Crippen molar-refractivity contribution in [2.24, 2.45) is 5.73 Å². The first kappa shape index (κ1) is 21.9. The van der Waals surface area contributed by atoms with Crippen molar-refractivity contribution in [3.8, 4) is 11.4 Å². The molecule has 0 spiro atoms. The predicted molar refractivity (Wildman–Crippen MR) is 132 cm³/mol. The number of primary amides is 1. The lowest BCUT2D eigenvalue weighted by Crippen LogP contribution is -2.30. The van der Waals surface area contributed by atoms with Crippen LogP contribution in [0.25, 0.3) is 16.9 Å². The van der Waals surface area contributed by atoms with Crippen molar-refractivity contribution >= 4 is 35.6 Å². The number of fused-ring (bicyclic) bond motifs is 2. The molecule has 0 fully saturated rings. The van der Waals surface area contributed by atoms with Crippen LogP contribution in [0.1, 0.15) is 33.6 Å². The molecule has 9 nitrogen and oxygen atoms in total. The number of anilines is 2. The number of nitrogens with zero attached hydrogens (tertiary/aromatic N) is 3. The van der Waals surface area contributed by atoms with Crippen LogP contribution in [0.4, 0.5) is 11.6 Å². The Labute approximate surface area is 196 Å². The number of hydrogen-bond acceptors (Lipinski definition) is 7. The number of carbonyl (C=O) groups is 1. The summed E-state index contributed by atoms with van der Waals surface area (Å²) in [6, 6.07) is 12.5. The van der Waals surface area contributed by atoms with Gasteiger partial charge in [-0.2, -0.15) is 0 Å². The molecule has 1 aromatic carbocycles. The van der Waals surface area contributed by atoms with Gasteiger partial charge in [0.1, 0.15) is 17.3 Å². The Morgan fingerprint density at radius 1 is 1.24 bits per heavy atom. The number of aromatic nitrogens is 3. The van der Waals surface area contributed by atoms with E-state index in [1.165, 1.54) is 0 Å². The van der Waals surface area contributed by atoms with Gasteiger partial charge in [0.2, 0.25) is 0 Å². The van der Waals surface area contributed by atoms with E-state index in [9.17, 15) is 14.8 Å². The van der Waals surface area contributed by atoms with Crippen LogP contribution in [-0.2, 0) is 13.0 Å². The summed E-state index contributed by atoms with van der Waals surface area (Å²) in [6.45, 7) is 3.26. The molecule has 1 aliphatic heterocycles. The molecule has 0 saturated carbocycles. The number of hydrogen-bond donors (Lipinski definition) is 5. The first-order valence-electron chi connectivity index (χ1n) is 11.2. The van der Waals surface area contributed by atoms with Crippen molar-refractivity contribution in [1.29, 1.82) is 0 Å². The Hall–Kier alpha value is -3.89. The lowest BCUT2D eigenvalue weighted by atomic mass is 9.79. The molecule has 4 heterocycles. The Morgan fingerprint density at radius 3 is 2.85 bits per heavy atom.